The molecule has 1 aromatic rings. The van der Waals surface area contributed by atoms with Crippen molar-refractivity contribution in [3.8, 4) is 11.8 Å². The molecule has 0 spiro atoms. The summed E-state index contributed by atoms with van der Waals surface area (Å²) in [7, 11) is 0. The molecule has 1 unspecified atom stereocenters. The van der Waals surface area contributed by atoms with Crippen LogP contribution in [0.3, 0.4) is 0 Å². The van der Waals surface area contributed by atoms with E-state index < -0.39 is 23.7 Å². The van der Waals surface area contributed by atoms with Crippen LogP contribution in [0.1, 0.15) is 30.6 Å². The highest BCUT2D eigenvalue weighted by atomic mass is 19.4. The van der Waals surface area contributed by atoms with Crippen LogP contribution in [0, 0.1) is 17.7 Å². The maximum absolute atomic E-state index is 13.3. The van der Waals surface area contributed by atoms with Crippen molar-refractivity contribution in [2.75, 3.05) is 0 Å². The lowest BCUT2D eigenvalue weighted by molar-refractivity contribution is -0.137. The van der Waals surface area contributed by atoms with Crippen molar-refractivity contribution in [2.45, 2.75) is 25.6 Å². The smallest absolute Gasteiger partial charge is 0.387 e. The number of halogens is 4. The van der Waals surface area contributed by atoms with Gasteiger partial charge in [-0.2, -0.15) is 13.2 Å². The fourth-order valence-electron chi connectivity index (χ4n) is 1.28. The average molecular weight is 246 g/mol. The summed E-state index contributed by atoms with van der Waals surface area (Å²) in [6.45, 7) is 1.52. The average Bonchev–Trinajstić information content (AvgIpc) is 2.24. The Morgan fingerprint density at radius 2 is 2.00 bits per heavy atom. The van der Waals surface area contributed by atoms with E-state index in [2.05, 4.69) is 11.8 Å². The minimum absolute atomic E-state index is 0.102. The Kier molecular flexibility index (Phi) is 4.13. The van der Waals surface area contributed by atoms with Crippen LogP contribution in [-0.2, 0) is 6.18 Å². The minimum Gasteiger partial charge on any atom is -0.387 e. The van der Waals surface area contributed by atoms with Gasteiger partial charge in [-0.25, -0.2) is 4.39 Å². The van der Waals surface area contributed by atoms with E-state index >= 15 is 0 Å². The van der Waals surface area contributed by atoms with Gasteiger partial charge in [-0.15, -0.1) is 11.8 Å². The molecule has 1 atom stereocenters. The van der Waals surface area contributed by atoms with E-state index in [0.717, 1.165) is 0 Å². The molecule has 0 fully saturated rings. The molecule has 92 valence electrons. The maximum Gasteiger partial charge on any atom is 0.416 e. The topological polar surface area (TPSA) is 20.2 Å². The standard InChI is InChI=1S/C12H10F4O/c1-2-3-4-11(17)9-7-8(12(14,15)16)5-6-10(9)13/h5-7,11,17H,4H2,1H3. The van der Waals surface area contributed by atoms with Gasteiger partial charge in [0.05, 0.1) is 11.7 Å². The summed E-state index contributed by atoms with van der Waals surface area (Å²) in [4.78, 5) is 0. The molecule has 0 amide bonds. The normalized spacial score (nSPS) is 12.8. The molecule has 1 N–H and O–H groups in total. The summed E-state index contributed by atoms with van der Waals surface area (Å²) in [5, 5.41) is 9.51. The Hall–Kier alpha value is -1.54. The van der Waals surface area contributed by atoms with Crippen molar-refractivity contribution < 1.29 is 22.7 Å². The van der Waals surface area contributed by atoms with Gasteiger partial charge in [-0.1, -0.05) is 0 Å². The van der Waals surface area contributed by atoms with Gasteiger partial charge in [0.2, 0.25) is 0 Å². The molecule has 0 saturated heterocycles. The largest absolute Gasteiger partial charge is 0.416 e. The molecular weight excluding hydrogens is 236 g/mol. The van der Waals surface area contributed by atoms with Crippen LogP contribution >= 0.6 is 0 Å². The quantitative estimate of drug-likeness (QED) is 0.627. The molecule has 0 bridgehead atoms. The second-order valence-corrected chi connectivity index (χ2v) is 3.38. The van der Waals surface area contributed by atoms with E-state index in [-0.39, 0.29) is 12.0 Å². The van der Waals surface area contributed by atoms with E-state index in [9.17, 15) is 22.7 Å². The molecule has 0 aromatic heterocycles. The molecule has 1 nitrogen and oxygen atoms in total. The van der Waals surface area contributed by atoms with E-state index in [1.165, 1.54) is 6.92 Å². The zero-order chi connectivity index (χ0) is 13.1. The number of benzene rings is 1. The van der Waals surface area contributed by atoms with Crippen LogP contribution in [0.5, 0.6) is 0 Å². The summed E-state index contributed by atoms with van der Waals surface area (Å²) in [6, 6.07) is 1.94. The van der Waals surface area contributed by atoms with Crippen molar-refractivity contribution in [1.29, 1.82) is 0 Å². The summed E-state index contributed by atoms with van der Waals surface area (Å²) < 4.78 is 50.4. The third kappa shape index (κ3) is 3.46. The first-order valence-corrected chi connectivity index (χ1v) is 4.80. The van der Waals surface area contributed by atoms with Gasteiger partial charge in [0.15, 0.2) is 0 Å². The minimum atomic E-state index is -4.56. The zero-order valence-electron chi connectivity index (χ0n) is 8.98. The molecule has 0 radical (unpaired) electrons. The first-order valence-electron chi connectivity index (χ1n) is 4.80. The lowest BCUT2D eigenvalue weighted by Gasteiger charge is -2.12. The lowest BCUT2D eigenvalue weighted by Crippen LogP contribution is -2.08. The van der Waals surface area contributed by atoms with Crippen molar-refractivity contribution in [3.63, 3.8) is 0 Å². The fraction of sp³-hybridized carbons (Fsp3) is 0.333. The molecule has 1 aromatic carbocycles. The Morgan fingerprint density at radius 1 is 1.35 bits per heavy atom. The predicted octanol–water partition coefficient (Wildman–Crippen LogP) is 3.29. The van der Waals surface area contributed by atoms with Gasteiger partial charge in [-0.05, 0) is 25.1 Å². The van der Waals surface area contributed by atoms with E-state index in [1.807, 2.05) is 0 Å². The monoisotopic (exact) mass is 246 g/mol. The molecule has 17 heavy (non-hydrogen) atoms. The van der Waals surface area contributed by atoms with Crippen molar-refractivity contribution >= 4 is 0 Å². The summed E-state index contributed by atoms with van der Waals surface area (Å²) in [5.74, 6) is 4.09. The number of hydrogen-bond acceptors (Lipinski definition) is 1. The number of alkyl halides is 3. The van der Waals surface area contributed by atoms with E-state index in [4.69, 9.17) is 0 Å². The zero-order valence-corrected chi connectivity index (χ0v) is 8.98. The van der Waals surface area contributed by atoms with Gasteiger partial charge in [0, 0.05) is 12.0 Å². The Labute approximate surface area is 96.1 Å². The van der Waals surface area contributed by atoms with Crippen LogP contribution in [0.15, 0.2) is 18.2 Å². The SMILES string of the molecule is CC#CCC(O)c1cc(C(F)(F)F)ccc1F. The molecule has 0 aliphatic heterocycles. The van der Waals surface area contributed by atoms with Crippen LogP contribution in [0.2, 0.25) is 0 Å². The highest BCUT2D eigenvalue weighted by Gasteiger charge is 2.31. The predicted molar refractivity (Wildman–Crippen MR) is 54.4 cm³/mol. The summed E-state index contributed by atoms with van der Waals surface area (Å²) in [5.41, 5.74) is -1.38. The van der Waals surface area contributed by atoms with Gasteiger partial charge < -0.3 is 5.11 Å². The summed E-state index contributed by atoms with van der Waals surface area (Å²) in [6.07, 6.45) is -6.02. The van der Waals surface area contributed by atoms with Crippen LogP contribution in [-0.4, -0.2) is 5.11 Å². The number of rotatable bonds is 2. The number of aliphatic hydroxyl groups is 1. The lowest BCUT2D eigenvalue weighted by atomic mass is 10.0. The van der Waals surface area contributed by atoms with Crippen molar-refractivity contribution in [3.05, 3.63) is 35.1 Å². The van der Waals surface area contributed by atoms with E-state index in [0.29, 0.717) is 18.2 Å². The highest BCUT2D eigenvalue weighted by molar-refractivity contribution is 5.29. The van der Waals surface area contributed by atoms with Gasteiger partial charge in [0.1, 0.15) is 5.82 Å². The molecule has 0 aliphatic rings. The van der Waals surface area contributed by atoms with Crippen LogP contribution in [0.25, 0.3) is 0 Å². The third-order valence-electron chi connectivity index (χ3n) is 2.15. The highest BCUT2D eigenvalue weighted by Crippen LogP contribution is 2.32. The third-order valence-corrected chi connectivity index (χ3v) is 2.15. The first kappa shape index (κ1) is 13.5. The molecule has 0 aliphatic carbocycles. The molecule has 0 saturated carbocycles. The van der Waals surface area contributed by atoms with E-state index in [1.54, 1.807) is 0 Å². The molecule has 1 rings (SSSR count). The van der Waals surface area contributed by atoms with Gasteiger partial charge in [-0.3, -0.25) is 0 Å². The maximum atomic E-state index is 13.3. The molecule has 0 heterocycles. The fourth-order valence-corrected chi connectivity index (χ4v) is 1.28. The Bertz CT molecular complexity index is 454. The van der Waals surface area contributed by atoms with Crippen molar-refractivity contribution in [1.82, 2.24) is 0 Å². The van der Waals surface area contributed by atoms with Crippen molar-refractivity contribution in [2.24, 2.45) is 0 Å². The number of hydrogen-bond donors (Lipinski definition) is 1. The van der Waals surface area contributed by atoms with Crippen LogP contribution < -0.4 is 0 Å². The van der Waals surface area contributed by atoms with Gasteiger partial charge in [0.25, 0.3) is 0 Å². The Morgan fingerprint density at radius 3 is 2.53 bits per heavy atom. The summed E-state index contributed by atoms with van der Waals surface area (Å²) >= 11 is 0. The van der Waals surface area contributed by atoms with Crippen LogP contribution in [0.4, 0.5) is 17.6 Å². The second-order valence-electron chi connectivity index (χ2n) is 3.38. The molecular formula is C12H10F4O. The first-order chi connectivity index (χ1) is 7.86. The Balaban J connectivity index is 3.09. The molecule has 5 heteroatoms. The number of aliphatic hydroxyl groups excluding tert-OH is 1. The second kappa shape index (κ2) is 5.19. The van der Waals surface area contributed by atoms with Gasteiger partial charge >= 0.3 is 6.18 Å².